The highest BCUT2D eigenvalue weighted by molar-refractivity contribution is 5.85. The molecule has 0 radical (unpaired) electrons. The number of nitrogens with zero attached hydrogens (tertiary/aromatic N) is 2. The third-order valence-electron chi connectivity index (χ3n) is 2.79. The van der Waals surface area contributed by atoms with Crippen LogP contribution in [0, 0.1) is 0 Å². The predicted molar refractivity (Wildman–Crippen MR) is 78.7 cm³/mol. The van der Waals surface area contributed by atoms with Gasteiger partial charge in [0.1, 0.15) is 5.75 Å². The van der Waals surface area contributed by atoms with E-state index in [0.717, 1.165) is 31.1 Å². The molecule has 2 aromatic rings. The third-order valence-corrected chi connectivity index (χ3v) is 2.79. The maximum atomic E-state index is 5.19. The van der Waals surface area contributed by atoms with Gasteiger partial charge in [0.05, 0.1) is 12.8 Å². The Balaban J connectivity index is 0.00000180. The summed E-state index contributed by atoms with van der Waals surface area (Å²) < 4.78 is 7.13. The Bertz CT molecular complexity index is 499. The summed E-state index contributed by atoms with van der Waals surface area (Å²) in [7, 11) is 1.68. The van der Waals surface area contributed by atoms with E-state index in [1.165, 1.54) is 5.56 Å². The van der Waals surface area contributed by atoms with Crippen LogP contribution in [0.2, 0.25) is 0 Å². The zero-order chi connectivity index (χ0) is 12.8. The average molecular weight is 282 g/mol. The Morgan fingerprint density at radius 3 is 2.79 bits per heavy atom. The van der Waals surface area contributed by atoms with Crippen molar-refractivity contribution >= 4 is 12.4 Å². The maximum absolute atomic E-state index is 5.19. The summed E-state index contributed by atoms with van der Waals surface area (Å²) in [5.74, 6) is 0.893. The van der Waals surface area contributed by atoms with Gasteiger partial charge < -0.3 is 10.1 Å². The van der Waals surface area contributed by atoms with Gasteiger partial charge in [-0.2, -0.15) is 5.10 Å². The van der Waals surface area contributed by atoms with E-state index < -0.39 is 0 Å². The van der Waals surface area contributed by atoms with Gasteiger partial charge in [0, 0.05) is 25.8 Å². The van der Waals surface area contributed by atoms with E-state index >= 15 is 0 Å². The van der Waals surface area contributed by atoms with Crippen LogP contribution in [-0.4, -0.2) is 16.9 Å². The molecular weight excluding hydrogens is 262 g/mol. The van der Waals surface area contributed by atoms with E-state index in [9.17, 15) is 0 Å². The van der Waals surface area contributed by atoms with Crippen molar-refractivity contribution in [3.05, 3.63) is 47.8 Å². The number of methoxy groups -OCH3 is 1. The van der Waals surface area contributed by atoms with Crippen molar-refractivity contribution in [2.24, 2.45) is 0 Å². The number of aromatic nitrogens is 2. The van der Waals surface area contributed by atoms with Gasteiger partial charge in [0.2, 0.25) is 0 Å². The summed E-state index contributed by atoms with van der Waals surface area (Å²) in [6, 6.07) is 10.1. The van der Waals surface area contributed by atoms with Gasteiger partial charge in [-0.1, -0.05) is 12.1 Å². The molecule has 0 saturated heterocycles. The minimum absolute atomic E-state index is 0. The van der Waals surface area contributed by atoms with Crippen LogP contribution in [0.3, 0.4) is 0 Å². The Morgan fingerprint density at radius 1 is 1.26 bits per heavy atom. The summed E-state index contributed by atoms with van der Waals surface area (Å²) >= 11 is 0. The molecule has 0 aliphatic rings. The molecule has 1 heterocycles. The number of hydrogen-bond acceptors (Lipinski definition) is 3. The van der Waals surface area contributed by atoms with Gasteiger partial charge in [0.25, 0.3) is 0 Å². The number of hydrogen-bond donors (Lipinski definition) is 1. The number of halogens is 1. The zero-order valence-electron chi connectivity index (χ0n) is 11.3. The van der Waals surface area contributed by atoms with E-state index in [2.05, 4.69) is 23.4 Å². The van der Waals surface area contributed by atoms with Crippen molar-refractivity contribution in [2.45, 2.75) is 26.6 Å². The lowest BCUT2D eigenvalue weighted by Gasteiger charge is -2.05. The van der Waals surface area contributed by atoms with Crippen LogP contribution in [0.4, 0.5) is 0 Å². The van der Waals surface area contributed by atoms with Crippen molar-refractivity contribution < 1.29 is 4.74 Å². The van der Waals surface area contributed by atoms with Gasteiger partial charge >= 0.3 is 0 Å². The molecule has 1 N–H and O–H groups in total. The number of ether oxygens (including phenoxy) is 1. The van der Waals surface area contributed by atoms with E-state index in [-0.39, 0.29) is 12.4 Å². The van der Waals surface area contributed by atoms with Crippen molar-refractivity contribution in [3.63, 3.8) is 0 Å². The van der Waals surface area contributed by atoms with Gasteiger partial charge in [-0.25, -0.2) is 0 Å². The van der Waals surface area contributed by atoms with Crippen molar-refractivity contribution in [3.8, 4) is 5.75 Å². The Morgan fingerprint density at radius 2 is 2.11 bits per heavy atom. The molecule has 2 rings (SSSR count). The first kappa shape index (κ1) is 15.5. The molecule has 0 fully saturated rings. The first-order valence-electron chi connectivity index (χ1n) is 6.18. The second-order valence-corrected chi connectivity index (χ2v) is 4.12. The first-order valence-corrected chi connectivity index (χ1v) is 6.18. The molecule has 0 saturated carbocycles. The van der Waals surface area contributed by atoms with E-state index in [1.54, 1.807) is 7.11 Å². The molecule has 5 heteroatoms. The quantitative estimate of drug-likeness (QED) is 0.885. The second-order valence-electron chi connectivity index (χ2n) is 4.12. The number of rotatable bonds is 6. The summed E-state index contributed by atoms with van der Waals surface area (Å²) in [5.41, 5.74) is 2.28. The molecule has 1 aromatic heterocycles. The molecule has 0 unspecified atom stereocenters. The normalized spacial score (nSPS) is 10.0. The summed E-state index contributed by atoms with van der Waals surface area (Å²) in [5, 5.41) is 7.80. The second kappa shape index (κ2) is 7.81. The minimum atomic E-state index is 0. The van der Waals surface area contributed by atoms with E-state index in [0.29, 0.717) is 0 Å². The number of aryl methyl sites for hydroxylation is 1. The molecule has 0 aliphatic carbocycles. The molecule has 0 amide bonds. The van der Waals surface area contributed by atoms with Crippen molar-refractivity contribution in [2.75, 3.05) is 7.11 Å². The lowest BCUT2D eigenvalue weighted by atomic mass is 10.2. The minimum Gasteiger partial charge on any atom is -0.497 e. The third kappa shape index (κ3) is 4.58. The van der Waals surface area contributed by atoms with Crippen LogP contribution in [0.15, 0.2) is 36.5 Å². The SMILES string of the molecule is CCn1ccc(CNCc2cccc(OC)c2)n1.Cl. The smallest absolute Gasteiger partial charge is 0.119 e. The molecular formula is C14H20ClN3O. The summed E-state index contributed by atoms with van der Waals surface area (Å²) in [6.07, 6.45) is 2.00. The predicted octanol–water partition coefficient (Wildman–Crippen LogP) is 2.62. The molecule has 1 aromatic carbocycles. The van der Waals surface area contributed by atoms with Gasteiger partial charge in [0.15, 0.2) is 0 Å². The highest BCUT2D eigenvalue weighted by Gasteiger charge is 1.99. The summed E-state index contributed by atoms with van der Waals surface area (Å²) in [6.45, 7) is 4.59. The van der Waals surface area contributed by atoms with Crippen LogP contribution in [0.25, 0.3) is 0 Å². The molecule has 0 atom stereocenters. The summed E-state index contributed by atoms with van der Waals surface area (Å²) in [4.78, 5) is 0. The fourth-order valence-electron chi connectivity index (χ4n) is 1.79. The van der Waals surface area contributed by atoms with E-state index in [1.807, 2.05) is 35.1 Å². The lowest BCUT2D eigenvalue weighted by molar-refractivity contribution is 0.414. The number of benzene rings is 1. The molecule has 4 nitrogen and oxygen atoms in total. The molecule has 104 valence electrons. The molecule has 0 aliphatic heterocycles. The largest absolute Gasteiger partial charge is 0.497 e. The van der Waals surface area contributed by atoms with Crippen LogP contribution < -0.4 is 10.1 Å². The van der Waals surface area contributed by atoms with E-state index in [4.69, 9.17) is 4.74 Å². The van der Waals surface area contributed by atoms with Crippen LogP contribution in [0.5, 0.6) is 5.75 Å². The fraction of sp³-hybridized carbons (Fsp3) is 0.357. The Labute approximate surface area is 120 Å². The zero-order valence-corrected chi connectivity index (χ0v) is 12.1. The highest BCUT2D eigenvalue weighted by atomic mass is 35.5. The van der Waals surface area contributed by atoms with Gasteiger partial charge in [-0.05, 0) is 30.7 Å². The lowest BCUT2D eigenvalue weighted by Crippen LogP contribution is -2.13. The molecule has 0 bridgehead atoms. The molecule has 19 heavy (non-hydrogen) atoms. The fourth-order valence-corrected chi connectivity index (χ4v) is 1.79. The average Bonchev–Trinajstić information content (AvgIpc) is 2.87. The van der Waals surface area contributed by atoms with Crippen LogP contribution in [0.1, 0.15) is 18.2 Å². The van der Waals surface area contributed by atoms with Gasteiger partial charge in [-0.15, -0.1) is 12.4 Å². The first-order chi connectivity index (χ1) is 8.81. The van der Waals surface area contributed by atoms with Crippen molar-refractivity contribution in [1.29, 1.82) is 0 Å². The number of nitrogens with one attached hydrogen (secondary N) is 1. The topological polar surface area (TPSA) is 39.1 Å². The Kier molecular flexibility index (Phi) is 6.39. The van der Waals surface area contributed by atoms with Crippen LogP contribution in [-0.2, 0) is 19.6 Å². The van der Waals surface area contributed by atoms with Crippen LogP contribution >= 0.6 is 12.4 Å². The highest BCUT2D eigenvalue weighted by Crippen LogP contribution is 2.12. The maximum Gasteiger partial charge on any atom is 0.119 e. The van der Waals surface area contributed by atoms with Crippen molar-refractivity contribution in [1.82, 2.24) is 15.1 Å². The molecule has 0 spiro atoms. The monoisotopic (exact) mass is 281 g/mol. The Hall–Kier alpha value is -1.52. The standard InChI is InChI=1S/C14H19N3O.ClH/c1-3-17-8-7-13(16-17)11-15-10-12-5-4-6-14(9-12)18-2;/h4-9,15H,3,10-11H2,1-2H3;1H. The van der Waals surface area contributed by atoms with Gasteiger partial charge in [-0.3, -0.25) is 4.68 Å².